The fourth-order valence-electron chi connectivity index (χ4n) is 1.39. The Balaban J connectivity index is 2.68. The predicted molar refractivity (Wildman–Crippen MR) is 50.0 cm³/mol. The maximum Gasteiger partial charge on any atom is 0.211 e. The summed E-state index contributed by atoms with van der Waals surface area (Å²) in [5, 5.41) is 12.9. The van der Waals surface area contributed by atoms with Gasteiger partial charge in [0.05, 0.1) is 18.4 Å². The van der Waals surface area contributed by atoms with E-state index in [1.54, 1.807) is 0 Å². The number of sulfonamides is 1. The normalized spacial score (nSPS) is 29.6. The minimum atomic E-state index is -3.26. The van der Waals surface area contributed by atoms with Crippen LogP contribution >= 0.6 is 0 Å². The topological polar surface area (TPSA) is 106 Å². The maximum atomic E-state index is 11.1. The Morgan fingerprint density at radius 3 is 2.71 bits per heavy atom. The Kier molecular flexibility index (Phi) is 3.33. The van der Waals surface area contributed by atoms with E-state index in [9.17, 15) is 13.5 Å². The average molecular weight is 220 g/mol. The van der Waals surface area contributed by atoms with Crippen molar-refractivity contribution in [3.05, 3.63) is 10.4 Å². The van der Waals surface area contributed by atoms with E-state index < -0.39 is 22.2 Å². The molecule has 0 aromatic rings. The van der Waals surface area contributed by atoms with Crippen molar-refractivity contribution >= 4 is 10.0 Å². The molecule has 8 heteroatoms. The Hall–Kier alpha value is -0.820. The first kappa shape index (κ1) is 11.3. The molecule has 1 heterocycles. The van der Waals surface area contributed by atoms with Gasteiger partial charge < -0.3 is 5.11 Å². The summed E-state index contributed by atoms with van der Waals surface area (Å²) in [5.74, 6) is 0. The van der Waals surface area contributed by atoms with Crippen LogP contribution in [0.3, 0.4) is 0 Å². The van der Waals surface area contributed by atoms with Crippen LogP contribution in [0.2, 0.25) is 0 Å². The molecule has 1 saturated heterocycles. The first-order valence-corrected chi connectivity index (χ1v) is 5.97. The molecule has 0 aliphatic carbocycles. The van der Waals surface area contributed by atoms with Crippen molar-refractivity contribution in [1.82, 2.24) is 4.31 Å². The first-order valence-electron chi connectivity index (χ1n) is 4.12. The molecule has 1 N–H and O–H groups in total. The van der Waals surface area contributed by atoms with E-state index in [4.69, 9.17) is 5.53 Å². The van der Waals surface area contributed by atoms with Gasteiger partial charge in [0.15, 0.2) is 0 Å². The summed E-state index contributed by atoms with van der Waals surface area (Å²) in [5.41, 5.74) is 8.18. The summed E-state index contributed by atoms with van der Waals surface area (Å²) in [4.78, 5) is 2.59. The highest BCUT2D eigenvalue weighted by atomic mass is 32.2. The third-order valence-electron chi connectivity index (χ3n) is 2.18. The van der Waals surface area contributed by atoms with E-state index in [2.05, 4.69) is 10.0 Å². The lowest BCUT2D eigenvalue weighted by Crippen LogP contribution is -2.47. The number of aliphatic hydroxyl groups is 1. The second-order valence-corrected chi connectivity index (χ2v) is 5.23. The number of hydrogen-bond acceptors (Lipinski definition) is 4. The highest BCUT2D eigenvalue weighted by Gasteiger charge is 2.30. The Labute approximate surface area is 82.0 Å². The van der Waals surface area contributed by atoms with Crippen LogP contribution in [0.1, 0.15) is 6.42 Å². The number of nitrogens with zero attached hydrogens (tertiary/aromatic N) is 4. The van der Waals surface area contributed by atoms with E-state index in [-0.39, 0.29) is 6.54 Å². The number of β-amino-alcohol motifs (C(OH)–C–C–N with tert-alkyl or cyclic N) is 1. The summed E-state index contributed by atoms with van der Waals surface area (Å²) >= 11 is 0. The summed E-state index contributed by atoms with van der Waals surface area (Å²) in [6.07, 6.45) is 0.542. The highest BCUT2D eigenvalue weighted by molar-refractivity contribution is 7.88. The maximum absolute atomic E-state index is 11.1. The zero-order valence-electron chi connectivity index (χ0n) is 7.74. The van der Waals surface area contributed by atoms with Gasteiger partial charge in [-0.1, -0.05) is 5.11 Å². The van der Waals surface area contributed by atoms with Crippen molar-refractivity contribution in [3.63, 3.8) is 0 Å². The number of piperidine rings is 1. The quantitative estimate of drug-likeness (QED) is 0.392. The first-order chi connectivity index (χ1) is 6.45. The van der Waals surface area contributed by atoms with Crippen LogP contribution in [-0.2, 0) is 10.0 Å². The average Bonchev–Trinajstić information content (AvgIpc) is 2.07. The van der Waals surface area contributed by atoms with Gasteiger partial charge in [0.2, 0.25) is 10.0 Å². The second-order valence-electron chi connectivity index (χ2n) is 3.25. The third-order valence-corrected chi connectivity index (χ3v) is 3.45. The lowest BCUT2D eigenvalue weighted by atomic mass is 10.1. The standard InChI is InChI=1S/C6H12N4O3S/c1-14(12,13)10-3-2-5(8-9-7)6(11)4-10/h5-6,11H,2-4H2,1H3/t5-,6+/m0/s1. The zero-order chi connectivity index (χ0) is 10.8. The molecule has 0 unspecified atom stereocenters. The van der Waals surface area contributed by atoms with Gasteiger partial charge in [-0.2, -0.15) is 4.31 Å². The van der Waals surface area contributed by atoms with E-state index in [1.165, 1.54) is 4.31 Å². The SMILES string of the molecule is CS(=O)(=O)N1CC[C@H](N=[N+]=[N-])[C@H](O)C1. The summed E-state index contributed by atoms with van der Waals surface area (Å²) < 4.78 is 23.4. The molecule has 0 spiro atoms. The third kappa shape index (κ3) is 2.58. The minimum Gasteiger partial charge on any atom is -0.391 e. The molecule has 2 atom stereocenters. The predicted octanol–water partition coefficient (Wildman–Crippen LogP) is -0.309. The summed E-state index contributed by atoms with van der Waals surface area (Å²) in [7, 11) is -3.26. The Morgan fingerprint density at radius 2 is 2.29 bits per heavy atom. The van der Waals surface area contributed by atoms with Gasteiger partial charge in [-0.3, -0.25) is 0 Å². The van der Waals surface area contributed by atoms with Gasteiger partial charge in [0.1, 0.15) is 0 Å². The van der Waals surface area contributed by atoms with Crippen molar-refractivity contribution < 1.29 is 13.5 Å². The fourth-order valence-corrected chi connectivity index (χ4v) is 2.25. The number of aliphatic hydroxyl groups excluding tert-OH is 1. The largest absolute Gasteiger partial charge is 0.391 e. The Morgan fingerprint density at radius 1 is 1.64 bits per heavy atom. The van der Waals surface area contributed by atoms with Crippen LogP contribution < -0.4 is 0 Å². The molecule has 7 nitrogen and oxygen atoms in total. The number of hydrogen-bond donors (Lipinski definition) is 1. The van der Waals surface area contributed by atoms with Gasteiger partial charge in [-0.25, -0.2) is 8.42 Å². The lowest BCUT2D eigenvalue weighted by Gasteiger charge is -2.31. The van der Waals surface area contributed by atoms with E-state index in [0.717, 1.165) is 6.26 Å². The van der Waals surface area contributed by atoms with Crippen LogP contribution in [0, 0.1) is 0 Å². The van der Waals surface area contributed by atoms with Crippen molar-refractivity contribution in [1.29, 1.82) is 0 Å². The molecular formula is C6H12N4O3S. The fraction of sp³-hybridized carbons (Fsp3) is 1.00. The lowest BCUT2D eigenvalue weighted by molar-refractivity contribution is 0.0882. The van der Waals surface area contributed by atoms with Crippen LogP contribution in [0.25, 0.3) is 10.4 Å². The number of azide groups is 1. The van der Waals surface area contributed by atoms with Crippen molar-refractivity contribution in [3.8, 4) is 0 Å². The van der Waals surface area contributed by atoms with E-state index >= 15 is 0 Å². The highest BCUT2D eigenvalue weighted by Crippen LogP contribution is 2.16. The molecule has 0 aromatic heterocycles. The summed E-state index contributed by atoms with van der Waals surface area (Å²) in [6, 6.07) is -0.516. The van der Waals surface area contributed by atoms with Gasteiger partial charge in [-0.15, -0.1) is 0 Å². The molecule has 1 fully saturated rings. The van der Waals surface area contributed by atoms with Crippen molar-refractivity contribution in [2.45, 2.75) is 18.6 Å². The summed E-state index contributed by atoms with van der Waals surface area (Å²) in [6.45, 7) is 0.294. The molecule has 0 amide bonds. The van der Waals surface area contributed by atoms with E-state index in [0.29, 0.717) is 13.0 Å². The second kappa shape index (κ2) is 4.14. The number of rotatable bonds is 2. The molecule has 0 bridgehead atoms. The van der Waals surface area contributed by atoms with Gasteiger partial charge in [-0.05, 0) is 12.0 Å². The van der Waals surface area contributed by atoms with E-state index in [1.807, 2.05) is 0 Å². The Bertz CT molecular complexity index is 348. The molecule has 1 aliphatic heterocycles. The van der Waals surface area contributed by atoms with Crippen LogP contribution in [0.5, 0.6) is 0 Å². The molecule has 1 aliphatic rings. The molecule has 80 valence electrons. The van der Waals surface area contributed by atoms with Gasteiger partial charge in [0, 0.05) is 18.0 Å². The van der Waals surface area contributed by atoms with Crippen molar-refractivity contribution in [2.24, 2.45) is 5.11 Å². The molecule has 1 rings (SSSR count). The zero-order valence-corrected chi connectivity index (χ0v) is 8.55. The van der Waals surface area contributed by atoms with Crippen molar-refractivity contribution in [2.75, 3.05) is 19.3 Å². The molecule has 14 heavy (non-hydrogen) atoms. The molecular weight excluding hydrogens is 208 g/mol. The van der Waals surface area contributed by atoms with Gasteiger partial charge >= 0.3 is 0 Å². The minimum absolute atomic E-state index is 0.00250. The molecule has 0 aromatic carbocycles. The van der Waals surface area contributed by atoms with Gasteiger partial charge in [0.25, 0.3) is 0 Å². The molecule has 0 saturated carbocycles. The van der Waals surface area contributed by atoms with Crippen LogP contribution in [0.15, 0.2) is 5.11 Å². The smallest absolute Gasteiger partial charge is 0.211 e. The monoisotopic (exact) mass is 220 g/mol. The van der Waals surface area contributed by atoms with Crippen LogP contribution in [-0.4, -0.2) is 49.3 Å². The molecule has 0 radical (unpaired) electrons. The van der Waals surface area contributed by atoms with Crippen LogP contribution in [0.4, 0.5) is 0 Å².